The van der Waals surface area contributed by atoms with E-state index in [9.17, 15) is 9.59 Å². The van der Waals surface area contributed by atoms with Crippen LogP contribution in [0.2, 0.25) is 0 Å². The normalized spacial score (nSPS) is 40.0. The Morgan fingerprint density at radius 2 is 1.92 bits per heavy atom. The van der Waals surface area contributed by atoms with Crippen LogP contribution < -0.4 is 10.9 Å². The second-order valence-corrected chi connectivity index (χ2v) is 12.8. The third kappa shape index (κ3) is 3.77. The quantitative estimate of drug-likeness (QED) is 0.588. The first-order valence-corrected chi connectivity index (χ1v) is 14.3. The average molecular weight is 494 g/mol. The fourth-order valence-electron chi connectivity index (χ4n) is 9.22. The van der Waals surface area contributed by atoms with Crippen LogP contribution in [0.5, 0.6) is 0 Å². The van der Waals surface area contributed by atoms with E-state index in [0.717, 1.165) is 51.4 Å². The third-order valence-corrected chi connectivity index (χ3v) is 11.4. The van der Waals surface area contributed by atoms with Crippen LogP contribution in [-0.2, 0) is 0 Å². The van der Waals surface area contributed by atoms with Gasteiger partial charge in [-0.15, -0.1) is 0 Å². The van der Waals surface area contributed by atoms with Crippen LogP contribution in [0.3, 0.4) is 0 Å². The minimum Gasteiger partial charge on any atom is -0.431 e. The van der Waals surface area contributed by atoms with Crippen molar-refractivity contribution in [1.29, 1.82) is 0 Å². The monoisotopic (exact) mass is 493 g/mol. The number of allylic oxidation sites excluding steroid dienone is 2. The molecule has 2 heterocycles. The van der Waals surface area contributed by atoms with E-state index in [2.05, 4.69) is 30.1 Å². The molecule has 0 spiro atoms. The molecule has 36 heavy (non-hydrogen) atoms. The molecule has 0 bridgehead atoms. The highest BCUT2D eigenvalue weighted by Gasteiger charge is 2.58. The molecule has 6 nitrogen and oxygen atoms in total. The van der Waals surface area contributed by atoms with E-state index in [0.29, 0.717) is 29.2 Å². The van der Waals surface area contributed by atoms with Crippen molar-refractivity contribution in [2.24, 2.45) is 28.6 Å². The van der Waals surface area contributed by atoms with E-state index in [1.807, 2.05) is 18.0 Å². The van der Waals surface area contributed by atoms with Gasteiger partial charge in [-0.2, -0.15) is 0 Å². The van der Waals surface area contributed by atoms with Crippen LogP contribution >= 0.6 is 0 Å². The number of urea groups is 1. The number of nitrogens with one attached hydrogen (secondary N) is 1. The topological polar surface area (TPSA) is 65.8 Å². The van der Waals surface area contributed by atoms with E-state index < -0.39 is 0 Å². The van der Waals surface area contributed by atoms with Crippen LogP contribution in [0.1, 0.15) is 76.7 Å². The molecule has 1 aliphatic heterocycles. The Hall–Kier alpha value is -2.08. The molecule has 0 aromatic carbocycles. The first-order valence-electron chi connectivity index (χ1n) is 14.3. The molecule has 1 aromatic heterocycles. The second kappa shape index (κ2) is 9.04. The van der Waals surface area contributed by atoms with E-state index in [-0.39, 0.29) is 17.1 Å². The highest BCUT2D eigenvalue weighted by Crippen LogP contribution is 2.67. The highest BCUT2D eigenvalue weighted by atomic mass is 16.4. The van der Waals surface area contributed by atoms with Crippen LogP contribution in [-0.4, -0.2) is 55.1 Å². The summed E-state index contributed by atoms with van der Waals surface area (Å²) < 4.78 is 5.26. The first kappa shape index (κ1) is 24.3. The van der Waals surface area contributed by atoms with E-state index in [4.69, 9.17) is 4.42 Å². The van der Waals surface area contributed by atoms with Gasteiger partial charge in [0, 0.05) is 45.3 Å². The molecular weight excluding hydrogens is 450 g/mol. The Bertz CT molecular complexity index is 1070. The zero-order valence-electron chi connectivity index (χ0n) is 22.3. The molecule has 7 atom stereocenters. The summed E-state index contributed by atoms with van der Waals surface area (Å²) in [5.41, 5.74) is 3.17. The molecule has 4 fully saturated rings. The molecule has 6 rings (SSSR count). The largest absolute Gasteiger partial charge is 0.431 e. The maximum absolute atomic E-state index is 13.2. The fraction of sp³-hybridized carbons (Fsp3) is 0.733. The third-order valence-electron chi connectivity index (χ3n) is 11.4. The summed E-state index contributed by atoms with van der Waals surface area (Å²) in [6.45, 7) is 8.52. The van der Waals surface area contributed by atoms with Crippen molar-refractivity contribution in [3.63, 3.8) is 0 Å². The molecule has 6 heteroatoms. The van der Waals surface area contributed by atoms with E-state index >= 15 is 0 Å². The van der Waals surface area contributed by atoms with Crippen molar-refractivity contribution in [2.45, 2.75) is 77.2 Å². The lowest BCUT2D eigenvalue weighted by atomic mass is 9.45. The van der Waals surface area contributed by atoms with Crippen LogP contribution in [0.15, 0.2) is 39.3 Å². The standard InChI is InChI=1S/C30H43N3O3/c1-29-12-10-22(32(3)28(35)33-16-14-31-15-17-33)18-21(29)5-6-23-25-8-7-24(20-4-9-27(34)36-19-20)30(25,2)13-11-26(23)29/h4,8-9,19,21-24,26,31H,5-7,10-18H2,1-3H3/t21-,22?,23+,24-,26+,29+,30-/m1/s1. The summed E-state index contributed by atoms with van der Waals surface area (Å²) in [6, 6.07) is 4.17. The Labute approximate surface area is 215 Å². The van der Waals surface area contributed by atoms with Gasteiger partial charge in [0.1, 0.15) is 0 Å². The van der Waals surface area contributed by atoms with Gasteiger partial charge in [-0.3, -0.25) is 0 Å². The van der Waals surface area contributed by atoms with Gasteiger partial charge in [0.25, 0.3) is 0 Å². The van der Waals surface area contributed by atoms with Crippen LogP contribution in [0.4, 0.5) is 4.79 Å². The first-order chi connectivity index (χ1) is 17.3. The number of nitrogens with zero attached hydrogens (tertiary/aromatic N) is 2. The predicted octanol–water partition coefficient (Wildman–Crippen LogP) is 5.01. The SMILES string of the molecule is CN(C(=O)N1CCNCC1)C1CC[C@@]2(C)[C@H](CC[C@H]3C4=CC[C@H](c5ccc(=O)oc5)[C@@]4(C)CC[C@@H]32)C1. The molecule has 196 valence electrons. The van der Waals surface area contributed by atoms with Gasteiger partial charge < -0.3 is 19.5 Å². The van der Waals surface area contributed by atoms with Crippen molar-refractivity contribution in [2.75, 3.05) is 33.2 Å². The van der Waals surface area contributed by atoms with Gasteiger partial charge in [-0.1, -0.05) is 25.5 Å². The zero-order chi connectivity index (χ0) is 25.1. The Kier molecular flexibility index (Phi) is 6.09. The number of hydrogen-bond donors (Lipinski definition) is 1. The predicted molar refractivity (Wildman–Crippen MR) is 141 cm³/mol. The molecular formula is C30H43N3O3. The minimum absolute atomic E-state index is 0.178. The van der Waals surface area contributed by atoms with Gasteiger partial charge in [-0.05, 0) is 97.5 Å². The maximum Gasteiger partial charge on any atom is 0.335 e. The summed E-state index contributed by atoms with van der Waals surface area (Å²) in [5.74, 6) is 2.56. The van der Waals surface area contributed by atoms with Gasteiger partial charge in [-0.25, -0.2) is 9.59 Å². The second-order valence-electron chi connectivity index (χ2n) is 12.8. The van der Waals surface area contributed by atoms with Crippen molar-refractivity contribution in [3.05, 3.63) is 46.0 Å². The molecule has 1 aromatic rings. The number of hydrogen-bond acceptors (Lipinski definition) is 4. The highest BCUT2D eigenvalue weighted by molar-refractivity contribution is 5.74. The Balaban J connectivity index is 1.16. The molecule has 1 saturated heterocycles. The summed E-state index contributed by atoms with van der Waals surface area (Å²) >= 11 is 0. The fourth-order valence-corrected chi connectivity index (χ4v) is 9.22. The van der Waals surface area contributed by atoms with Crippen molar-refractivity contribution >= 4 is 6.03 Å². The molecule has 4 aliphatic carbocycles. The maximum atomic E-state index is 13.2. The minimum atomic E-state index is -0.263. The van der Waals surface area contributed by atoms with E-state index in [1.165, 1.54) is 37.7 Å². The molecule has 2 amide bonds. The molecule has 1 N–H and O–H groups in total. The summed E-state index contributed by atoms with van der Waals surface area (Å²) in [7, 11) is 2.05. The lowest BCUT2D eigenvalue weighted by Crippen LogP contribution is -2.56. The molecule has 3 saturated carbocycles. The van der Waals surface area contributed by atoms with Gasteiger partial charge in [0.15, 0.2) is 0 Å². The zero-order valence-corrected chi connectivity index (χ0v) is 22.3. The number of piperazine rings is 1. The van der Waals surface area contributed by atoms with Crippen molar-refractivity contribution in [1.82, 2.24) is 15.1 Å². The lowest BCUT2D eigenvalue weighted by Gasteiger charge is -2.60. The van der Waals surface area contributed by atoms with E-state index in [1.54, 1.807) is 17.9 Å². The molecule has 0 radical (unpaired) electrons. The molecule has 1 unspecified atom stereocenters. The Morgan fingerprint density at radius 1 is 1.11 bits per heavy atom. The summed E-state index contributed by atoms with van der Waals surface area (Å²) in [6.07, 6.45) is 13.9. The Morgan fingerprint density at radius 3 is 2.67 bits per heavy atom. The van der Waals surface area contributed by atoms with Crippen LogP contribution in [0.25, 0.3) is 0 Å². The lowest BCUT2D eigenvalue weighted by molar-refractivity contribution is -0.0679. The average Bonchev–Trinajstić information content (AvgIpc) is 3.25. The number of fused-ring (bicyclic) bond motifs is 5. The number of amides is 2. The van der Waals surface area contributed by atoms with Gasteiger partial charge in [0.2, 0.25) is 0 Å². The van der Waals surface area contributed by atoms with Crippen molar-refractivity contribution in [3.8, 4) is 0 Å². The summed E-state index contributed by atoms with van der Waals surface area (Å²) in [4.78, 5) is 28.8. The van der Waals surface area contributed by atoms with Gasteiger partial charge in [0.05, 0.1) is 6.26 Å². The number of carbonyl (C=O) groups is 1. The molecule has 5 aliphatic rings. The summed E-state index contributed by atoms with van der Waals surface area (Å²) in [5, 5.41) is 3.36. The van der Waals surface area contributed by atoms with Crippen molar-refractivity contribution < 1.29 is 9.21 Å². The number of rotatable bonds is 2. The smallest absolute Gasteiger partial charge is 0.335 e. The van der Waals surface area contributed by atoms with Gasteiger partial charge >= 0.3 is 11.7 Å². The number of carbonyl (C=O) groups excluding carboxylic acids is 1. The van der Waals surface area contributed by atoms with Crippen LogP contribution in [0, 0.1) is 28.6 Å².